The van der Waals surface area contributed by atoms with Crippen molar-refractivity contribution in [3.05, 3.63) is 65.2 Å². The number of nitrogens with one attached hydrogen (secondary N) is 1. The molecule has 2 aromatic carbocycles. The van der Waals surface area contributed by atoms with Crippen LogP contribution in [0.1, 0.15) is 16.7 Å². The highest BCUT2D eigenvalue weighted by Crippen LogP contribution is 2.11. The van der Waals surface area contributed by atoms with Gasteiger partial charge in [-0.15, -0.1) is 0 Å². The van der Waals surface area contributed by atoms with Crippen molar-refractivity contribution >= 4 is 10.0 Å². The number of hydrogen-bond acceptors (Lipinski definition) is 2. The molecule has 0 heterocycles. The zero-order valence-corrected chi connectivity index (χ0v) is 11.9. The first-order valence-corrected chi connectivity index (χ1v) is 7.57. The Morgan fingerprint density at radius 1 is 0.947 bits per heavy atom. The third kappa shape index (κ3) is 3.66. The molecule has 0 amide bonds. The lowest BCUT2D eigenvalue weighted by Crippen LogP contribution is -2.23. The van der Waals surface area contributed by atoms with Gasteiger partial charge < -0.3 is 0 Å². The van der Waals surface area contributed by atoms with Crippen LogP contribution in [0.25, 0.3) is 0 Å². The highest BCUT2D eigenvalue weighted by Gasteiger charge is 2.13. The van der Waals surface area contributed by atoms with Gasteiger partial charge in [0.2, 0.25) is 10.0 Å². The summed E-state index contributed by atoms with van der Waals surface area (Å²) in [5, 5.41) is 0. The monoisotopic (exact) mass is 275 g/mol. The highest BCUT2D eigenvalue weighted by atomic mass is 32.2. The molecule has 3 nitrogen and oxygen atoms in total. The molecule has 0 unspecified atom stereocenters. The minimum atomic E-state index is -3.44. The Kier molecular flexibility index (Phi) is 4.02. The quantitative estimate of drug-likeness (QED) is 0.932. The largest absolute Gasteiger partial charge is 0.240 e. The van der Waals surface area contributed by atoms with Crippen molar-refractivity contribution in [1.29, 1.82) is 0 Å². The van der Waals surface area contributed by atoms with E-state index < -0.39 is 10.0 Å². The van der Waals surface area contributed by atoms with Gasteiger partial charge in [-0.3, -0.25) is 0 Å². The molecule has 19 heavy (non-hydrogen) atoms. The molecule has 2 rings (SSSR count). The van der Waals surface area contributed by atoms with Crippen molar-refractivity contribution in [3.63, 3.8) is 0 Å². The molecule has 4 heteroatoms. The summed E-state index contributed by atoms with van der Waals surface area (Å²) in [5.74, 6) is 0. The molecule has 0 bridgehead atoms. The first-order valence-electron chi connectivity index (χ1n) is 6.09. The molecule has 100 valence electrons. The number of benzene rings is 2. The summed E-state index contributed by atoms with van der Waals surface area (Å²) in [5.41, 5.74) is 3.03. The van der Waals surface area contributed by atoms with Crippen LogP contribution in [0.15, 0.2) is 53.4 Å². The van der Waals surface area contributed by atoms with Crippen molar-refractivity contribution < 1.29 is 8.42 Å². The van der Waals surface area contributed by atoms with E-state index in [4.69, 9.17) is 0 Å². The standard InChI is InChI=1S/C15H17NO2S/c1-12-6-8-14(9-7-12)11-16-19(17,18)15-5-3-4-13(2)10-15/h3-10,16H,11H2,1-2H3. The van der Waals surface area contributed by atoms with Crippen LogP contribution in [0.3, 0.4) is 0 Å². The number of aryl methyl sites for hydroxylation is 2. The van der Waals surface area contributed by atoms with Gasteiger partial charge in [0.1, 0.15) is 0 Å². The summed E-state index contributed by atoms with van der Waals surface area (Å²) in [6.45, 7) is 4.18. The molecule has 0 aliphatic heterocycles. The molecule has 0 aliphatic carbocycles. The average molecular weight is 275 g/mol. The fraction of sp³-hybridized carbons (Fsp3) is 0.200. The van der Waals surface area contributed by atoms with Gasteiger partial charge in [0.05, 0.1) is 4.90 Å². The van der Waals surface area contributed by atoms with Gasteiger partial charge >= 0.3 is 0 Å². The van der Waals surface area contributed by atoms with E-state index in [1.54, 1.807) is 18.2 Å². The van der Waals surface area contributed by atoms with Crippen molar-refractivity contribution in [2.24, 2.45) is 0 Å². The second-order valence-electron chi connectivity index (χ2n) is 4.63. The van der Waals surface area contributed by atoms with Gasteiger partial charge in [-0.2, -0.15) is 0 Å². The van der Waals surface area contributed by atoms with Crippen molar-refractivity contribution in [1.82, 2.24) is 4.72 Å². The third-order valence-electron chi connectivity index (χ3n) is 2.89. The van der Waals surface area contributed by atoms with Crippen molar-refractivity contribution in [2.75, 3.05) is 0 Å². The Bertz CT molecular complexity index is 661. The minimum absolute atomic E-state index is 0.302. The van der Waals surface area contributed by atoms with E-state index in [1.165, 1.54) is 0 Å². The summed E-state index contributed by atoms with van der Waals surface area (Å²) in [6.07, 6.45) is 0. The van der Waals surface area contributed by atoms with Gasteiger partial charge in [0.15, 0.2) is 0 Å². The van der Waals surface area contributed by atoms with Crippen LogP contribution >= 0.6 is 0 Å². The smallest absolute Gasteiger partial charge is 0.207 e. The van der Waals surface area contributed by atoms with E-state index >= 15 is 0 Å². The Morgan fingerprint density at radius 2 is 1.63 bits per heavy atom. The normalized spacial score (nSPS) is 11.5. The lowest BCUT2D eigenvalue weighted by molar-refractivity contribution is 0.581. The van der Waals surface area contributed by atoms with Crippen LogP contribution in [-0.4, -0.2) is 8.42 Å². The van der Waals surface area contributed by atoms with Gasteiger partial charge in [-0.05, 0) is 37.1 Å². The number of rotatable bonds is 4. The molecular formula is C15H17NO2S. The Balaban J connectivity index is 2.12. The van der Waals surface area contributed by atoms with Crippen LogP contribution in [0.5, 0.6) is 0 Å². The molecule has 0 aliphatic rings. The van der Waals surface area contributed by atoms with E-state index in [-0.39, 0.29) is 0 Å². The number of sulfonamides is 1. The first kappa shape index (κ1) is 13.8. The predicted molar refractivity (Wildman–Crippen MR) is 76.4 cm³/mol. The Labute approximate surface area is 114 Å². The third-order valence-corrected chi connectivity index (χ3v) is 4.29. The van der Waals surface area contributed by atoms with Crippen LogP contribution in [0, 0.1) is 13.8 Å². The fourth-order valence-corrected chi connectivity index (χ4v) is 2.87. The summed E-state index contributed by atoms with van der Waals surface area (Å²) >= 11 is 0. The van der Waals surface area contributed by atoms with Crippen molar-refractivity contribution in [2.45, 2.75) is 25.3 Å². The Morgan fingerprint density at radius 3 is 2.26 bits per heavy atom. The summed E-state index contributed by atoms with van der Waals surface area (Å²) in [7, 11) is -3.44. The SMILES string of the molecule is Cc1ccc(CNS(=O)(=O)c2cccc(C)c2)cc1. The highest BCUT2D eigenvalue weighted by molar-refractivity contribution is 7.89. The second kappa shape index (κ2) is 5.55. The lowest BCUT2D eigenvalue weighted by atomic mass is 10.2. The average Bonchev–Trinajstić information content (AvgIpc) is 2.38. The molecule has 0 radical (unpaired) electrons. The topological polar surface area (TPSA) is 46.2 Å². The fourth-order valence-electron chi connectivity index (χ4n) is 1.75. The molecule has 0 fully saturated rings. The zero-order chi connectivity index (χ0) is 13.9. The molecule has 0 saturated heterocycles. The molecule has 1 N–H and O–H groups in total. The zero-order valence-electron chi connectivity index (χ0n) is 11.1. The van der Waals surface area contributed by atoms with E-state index in [1.807, 2.05) is 44.2 Å². The predicted octanol–water partition coefficient (Wildman–Crippen LogP) is 2.78. The van der Waals surface area contributed by atoms with Crippen LogP contribution in [-0.2, 0) is 16.6 Å². The van der Waals surface area contributed by atoms with Crippen LogP contribution in [0.2, 0.25) is 0 Å². The van der Waals surface area contributed by atoms with E-state index in [0.29, 0.717) is 11.4 Å². The maximum Gasteiger partial charge on any atom is 0.240 e. The van der Waals surface area contributed by atoms with E-state index in [2.05, 4.69) is 4.72 Å². The minimum Gasteiger partial charge on any atom is -0.207 e. The maximum atomic E-state index is 12.1. The number of hydrogen-bond donors (Lipinski definition) is 1. The van der Waals surface area contributed by atoms with Gasteiger partial charge in [0.25, 0.3) is 0 Å². The van der Waals surface area contributed by atoms with E-state index in [9.17, 15) is 8.42 Å². The maximum absolute atomic E-state index is 12.1. The summed E-state index contributed by atoms with van der Waals surface area (Å²) in [4.78, 5) is 0.305. The van der Waals surface area contributed by atoms with Crippen LogP contribution in [0.4, 0.5) is 0 Å². The first-order chi connectivity index (χ1) is 8.97. The molecule has 2 aromatic rings. The van der Waals surface area contributed by atoms with Crippen LogP contribution < -0.4 is 4.72 Å². The lowest BCUT2D eigenvalue weighted by Gasteiger charge is -2.07. The van der Waals surface area contributed by atoms with Gasteiger partial charge in [0, 0.05) is 6.54 Å². The second-order valence-corrected chi connectivity index (χ2v) is 6.39. The molecule has 0 aromatic heterocycles. The molecular weight excluding hydrogens is 258 g/mol. The molecule has 0 atom stereocenters. The molecule has 0 saturated carbocycles. The van der Waals surface area contributed by atoms with Gasteiger partial charge in [-0.1, -0.05) is 42.0 Å². The summed E-state index contributed by atoms with van der Waals surface area (Å²) in [6, 6.07) is 14.7. The van der Waals surface area contributed by atoms with Crippen molar-refractivity contribution in [3.8, 4) is 0 Å². The Hall–Kier alpha value is -1.65. The van der Waals surface area contributed by atoms with E-state index in [0.717, 1.165) is 16.7 Å². The van der Waals surface area contributed by atoms with Gasteiger partial charge in [-0.25, -0.2) is 13.1 Å². The summed E-state index contributed by atoms with van der Waals surface area (Å²) < 4.78 is 26.8. The molecule has 0 spiro atoms.